The summed E-state index contributed by atoms with van der Waals surface area (Å²) in [6.45, 7) is 0.552. The third kappa shape index (κ3) is 3.53. The Morgan fingerprint density at radius 3 is 2.42 bits per heavy atom. The smallest absolute Gasteiger partial charge is 0.327 e. The Balaban J connectivity index is 0.00000208. The quantitative estimate of drug-likeness (QED) is 0.823. The molecular formula is C14H17Cl2F3N2O2S. The Hall–Kier alpha value is -0.540. The van der Waals surface area contributed by atoms with Crippen molar-refractivity contribution >= 4 is 34.0 Å². The van der Waals surface area contributed by atoms with Gasteiger partial charge in [0, 0.05) is 24.2 Å². The van der Waals surface area contributed by atoms with Crippen LogP contribution in [0.25, 0.3) is 0 Å². The van der Waals surface area contributed by atoms with E-state index in [1.165, 1.54) is 4.31 Å². The molecule has 1 aliphatic heterocycles. The number of rotatable bonds is 2. The maximum Gasteiger partial charge on any atom is 0.416 e. The summed E-state index contributed by atoms with van der Waals surface area (Å²) in [6.07, 6.45) is -2.95. The zero-order valence-electron chi connectivity index (χ0n) is 12.5. The Labute approximate surface area is 149 Å². The standard InChI is InChI=1S/C14H16ClF3N2O2S.ClH/c15-10-3-9(14(16,17)18)4-11(5-10)23(21,22)20-6-8-1-2-13(19)12(8)7-20;/h3-5,8,12-13H,1-2,6-7,19H2;1H. The van der Waals surface area contributed by atoms with E-state index in [1.54, 1.807) is 0 Å². The molecule has 0 radical (unpaired) electrons. The molecule has 2 aliphatic rings. The van der Waals surface area contributed by atoms with Gasteiger partial charge < -0.3 is 5.73 Å². The number of nitrogens with two attached hydrogens (primary N) is 1. The van der Waals surface area contributed by atoms with Gasteiger partial charge >= 0.3 is 6.18 Å². The molecule has 0 spiro atoms. The highest BCUT2D eigenvalue weighted by Crippen LogP contribution is 2.40. The van der Waals surface area contributed by atoms with E-state index in [-0.39, 0.29) is 41.9 Å². The van der Waals surface area contributed by atoms with Crippen LogP contribution in [0, 0.1) is 11.8 Å². The van der Waals surface area contributed by atoms with Crippen LogP contribution in [0.4, 0.5) is 13.2 Å². The lowest BCUT2D eigenvalue weighted by molar-refractivity contribution is -0.137. The molecule has 3 unspecified atom stereocenters. The van der Waals surface area contributed by atoms with Crippen LogP contribution in [-0.4, -0.2) is 31.9 Å². The SMILES string of the molecule is Cl.NC1CCC2CN(S(=O)(=O)c3cc(Cl)cc(C(F)(F)F)c3)CC12. The highest BCUT2D eigenvalue weighted by atomic mass is 35.5. The third-order valence-corrected chi connectivity index (χ3v) is 6.74. The molecular weight excluding hydrogens is 388 g/mol. The van der Waals surface area contributed by atoms with Crippen molar-refractivity contribution in [3.63, 3.8) is 0 Å². The van der Waals surface area contributed by atoms with Crippen molar-refractivity contribution in [2.45, 2.75) is 30.0 Å². The molecule has 0 aromatic heterocycles. The van der Waals surface area contributed by atoms with Crippen LogP contribution in [0.2, 0.25) is 5.02 Å². The zero-order valence-corrected chi connectivity index (χ0v) is 14.9. The van der Waals surface area contributed by atoms with Gasteiger partial charge in [0.15, 0.2) is 0 Å². The molecule has 1 saturated carbocycles. The minimum atomic E-state index is -4.65. The van der Waals surface area contributed by atoms with Crippen LogP contribution in [0.15, 0.2) is 23.1 Å². The largest absolute Gasteiger partial charge is 0.416 e. The second-order valence-electron chi connectivity index (χ2n) is 6.16. The first-order chi connectivity index (χ1) is 10.6. The van der Waals surface area contributed by atoms with E-state index in [1.807, 2.05) is 0 Å². The van der Waals surface area contributed by atoms with Gasteiger partial charge in [-0.2, -0.15) is 17.5 Å². The number of alkyl halides is 3. The number of benzene rings is 1. The van der Waals surface area contributed by atoms with Gasteiger partial charge in [0.25, 0.3) is 0 Å². The van der Waals surface area contributed by atoms with E-state index in [0.717, 1.165) is 25.0 Å². The molecule has 24 heavy (non-hydrogen) atoms. The third-order valence-electron chi connectivity index (χ3n) is 4.72. The van der Waals surface area contributed by atoms with Crippen LogP contribution in [0.3, 0.4) is 0 Å². The normalized spacial score (nSPS) is 27.8. The van der Waals surface area contributed by atoms with E-state index in [9.17, 15) is 21.6 Å². The first-order valence-corrected chi connectivity index (χ1v) is 9.04. The van der Waals surface area contributed by atoms with Crippen molar-refractivity contribution in [1.29, 1.82) is 0 Å². The zero-order chi connectivity index (χ0) is 17.0. The summed E-state index contributed by atoms with van der Waals surface area (Å²) in [7, 11) is -4.02. The van der Waals surface area contributed by atoms with Gasteiger partial charge in [-0.3, -0.25) is 0 Å². The summed E-state index contributed by atoms with van der Waals surface area (Å²) in [5, 5.41) is -0.255. The van der Waals surface area contributed by atoms with E-state index in [4.69, 9.17) is 17.3 Å². The summed E-state index contributed by atoms with van der Waals surface area (Å²) >= 11 is 5.68. The van der Waals surface area contributed by atoms with Gasteiger partial charge in [0.1, 0.15) is 0 Å². The first kappa shape index (κ1) is 19.8. The average molecular weight is 405 g/mol. The molecule has 0 bridgehead atoms. The van der Waals surface area contributed by atoms with Gasteiger partial charge in [-0.1, -0.05) is 11.6 Å². The summed E-state index contributed by atoms with van der Waals surface area (Å²) in [5.74, 6) is 0.257. The van der Waals surface area contributed by atoms with E-state index in [0.29, 0.717) is 12.6 Å². The number of nitrogens with zero attached hydrogens (tertiary/aromatic N) is 1. The van der Waals surface area contributed by atoms with Gasteiger partial charge in [-0.05, 0) is 42.9 Å². The van der Waals surface area contributed by atoms with Gasteiger partial charge in [-0.15, -0.1) is 12.4 Å². The highest BCUT2D eigenvalue weighted by Gasteiger charge is 2.45. The van der Waals surface area contributed by atoms with Crippen LogP contribution in [0.1, 0.15) is 18.4 Å². The Kier molecular flexibility index (Phi) is 5.47. The maximum absolute atomic E-state index is 12.9. The molecule has 2 fully saturated rings. The predicted molar refractivity (Wildman–Crippen MR) is 86.7 cm³/mol. The molecule has 3 rings (SSSR count). The summed E-state index contributed by atoms with van der Waals surface area (Å²) in [6, 6.07) is 2.36. The second-order valence-corrected chi connectivity index (χ2v) is 8.53. The lowest BCUT2D eigenvalue weighted by Gasteiger charge is -2.19. The highest BCUT2D eigenvalue weighted by molar-refractivity contribution is 7.89. The summed E-state index contributed by atoms with van der Waals surface area (Å²) in [5.41, 5.74) is 4.91. The van der Waals surface area contributed by atoms with Crippen molar-refractivity contribution < 1.29 is 21.6 Å². The molecule has 0 amide bonds. The fourth-order valence-electron chi connectivity index (χ4n) is 3.49. The van der Waals surface area contributed by atoms with E-state index < -0.39 is 26.7 Å². The van der Waals surface area contributed by atoms with Gasteiger partial charge in [0.05, 0.1) is 10.5 Å². The second kappa shape index (κ2) is 6.64. The topological polar surface area (TPSA) is 63.4 Å². The Morgan fingerprint density at radius 2 is 1.83 bits per heavy atom. The lowest BCUT2D eigenvalue weighted by Crippen LogP contribution is -2.33. The molecule has 1 heterocycles. The number of hydrogen-bond donors (Lipinski definition) is 1. The van der Waals surface area contributed by atoms with Crippen LogP contribution in [-0.2, 0) is 16.2 Å². The number of sulfonamides is 1. The van der Waals surface area contributed by atoms with Gasteiger partial charge in [0.2, 0.25) is 10.0 Å². The minimum absolute atomic E-state index is 0. The first-order valence-electron chi connectivity index (χ1n) is 7.22. The molecule has 136 valence electrons. The van der Waals surface area contributed by atoms with E-state index in [2.05, 4.69) is 0 Å². The van der Waals surface area contributed by atoms with Crippen molar-refractivity contribution in [3.8, 4) is 0 Å². The fourth-order valence-corrected chi connectivity index (χ4v) is 5.39. The molecule has 2 N–H and O–H groups in total. The molecule has 10 heteroatoms. The molecule has 1 aromatic rings. The monoisotopic (exact) mass is 404 g/mol. The van der Waals surface area contributed by atoms with Crippen LogP contribution >= 0.6 is 24.0 Å². The molecule has 4 nitrogen and oxygen atoms in total. The van der Waals surface area contributed by atoms with Crippen molar-refractivity contribution in [3.05, 3.63) is 28.8 Å². The summed E-state index contributed by atoms with van der Waals surface area (Å²) in [4.78, 5) is -0.425. The average Bonchev–Trinajstić information content (AvgIpc) is 3.00. The Bertz CT molecular complexity index is 727. The number of fused-ring (bicyclic) bond motifs is 1. The molecule has 1 saturated heterocycles. The number of halogens is 5. The van der Waals surface area contributed by atoms with Gasteiger partial charge in [-0.25, -0.2) is 8.42 Å². The minimum Gasteiger partial charge on any atom is -0.327 e. The van der Waals surface area contributed by atoms with Crippen molar-refractivity contribution in [2.24, 2.45) is 17.6 Å². The number of hydrogen-bond acceptors (Lipinski definition) is 3. The van der Waals surface area contributed by atoms with Crippen molar-refractivity contribution in [1.82, 2.24) is 4.31 Å². The van der Waals surface area contributed by atoms with E-state index >= 15 is 0 Å². The fraction of sp³-hybridized carbons (Fsp3) is 0.571. The summed E-state index contributed by atoms with van der Waals surface area (Å²) < 4.78 is 65.2. The maximum atomic E-state index is 12.9. The van der Waals surface area contributed by atoms with Crippen LogP contribution in [0.5, 0.6) is 0 Å². The van der Waals surface area contributed by atoms with Crippen molar-refractivity contribution in [2.75, 3.05) is 13.1 Å². The predicted octanol–water partition coefficient (Wildman–Crippen LogP) is 3.14. The molecule has 3 atom stereocenters. The Morgan fingerprint density at radius 1 is 1.17 bits per heavy atom. The molecule has 1 aliphatic carbocycles. The molecule has 1 aromatic carbocycles. The lowest BCUT2D eigenvalue weighted by atomic mass is 9.98. The van der Waals surface area contributed by atoms with Crippen LogP contribution < -0.4 is 5.73 Å².